The number of hydrogen-bond donors (Lipinski definition) is 0. The number of amides is 2. The molecule has 1 rings (SSSR count). The number of carbonyl (C=O) groups is 3. The van der Waals surface area contributed by atoms with Gasteiger partial charge in [0.1, 0.15) is 0 Å². The Morgan fingerprint density at radius 2 is 1.35 bits per heavy atom. The molecule has 6 nitrogen and oxygen atoms in total. The van der Waals surface area contributed by atoms with Crippen molar-refractivity contribution in [3.63, 3.8) is 0 Å². The molecule has 0 atom stereocenters. The van der Waals surface area contributed by atoms with E-state index in [1.807, 2.05) is 18.7 Å². The maximum absolute atomic E-state index is 12.8. The molecule has 0 aliphatic carbocycles. The SMILES string of the molecule is CCC[CH2][Sn]([CH2]CCC)([CH2]CCC)[O]C(=O)CCCCCN1C(=O)C(Cl)=C(N(CC)CC)C1=O. The van der Waals surface area contributed by atoms with Gasteiger partial charge in [0, 0.05) is 0 Å². The summed E-state index contributed by atoms with van der Waals surface area (Å²) in [6.45, 7) is 12.1. The molecular weight excluding hydrogens is 558 g/mol. The van der Waals surface area contributed by atoms with Crippen LogP contribution in [0.3, 0.4) is 0 Å². The number of halogens is 1. The predicted molar refractivity (Wildman–Crippen MR) is 142 cm³/mol. The number of imide groups is 1. The quantitative estimate of drug-likeness (QED) is 0.0944. The number of nitrogens with zero attached hydrogens (tertiary/aromatic N) is 2. The Morgan fingerprint density at radius 3 is 1.82 bits per heavy atom. The molecule has 0 saturated heterocycles. The number of hydrogen-bond acceptors (Lipinski definition) is 5. The van der Waals surface area contributed by atoms with E-state index in [0.29, 0.717) is 38.2 Å². The number of carbonyl (C=O) groups excluding carboxylic acids is 3. The molecule has 2 amide bonds. The first kappa shape index (κ1) is 31.3. The van der Waals surface area contributed by atoms with Crippen molar-refractivity contribution >= 4 is 48.2 Å². The third-order valence-corrected chi connectivity index (χ3v) is 19.8. The summed E-state index contributed by atoms with van der Waals surface area (Å²) in [6, 6.07) is 0. The third-order valence-electron chi connectivity index (χ3n) is 6.72. The maximum atomic E-state index is 12.8. The van der Waals surface area contributed by atoms with E-state index in [1.54, 1.807) is 0 Å². The summed E-state index contributed by atoms with van der Waals surface area (Å²) < 4.78 is 9.82. The van der Waals surface area contributed by atoms with Gasteiger partial charge in [0.15, 0.2) is 0 Å². The van der Waals surface area contributed by atoms with Crippen LogP contribution in [0.15, 0.2) is 10.7 Å². The molecule has 0 bridgehead atoms. The predicted octanol–water partition coefficient (Wildman–Crippen LogP) is 6.60. The van der Waals surface area contributed by atoms with Gasteiger partial charge in [-0.3, -0.25) is 0 Å². The molecule has 1 aliphatic heterocycles. The van der Waals surface area contributed by atoms with E-state index in [0.717, 1.165) is 45.4 Å². The standard InChI is InChI=1S/C14H21ClN2O4.3C4H9.Sn/c1-3-16(4-2)12-11(15)13(20)17(14(12)21)9-7-5-6-8-10(18)19;3*1-3-4-2;/h3-9H2,1-2H3,(H,18,19);3*1,3-4H2,2H3;/q;;;;+1/p-1. The van der Waals surface area contributed by atoms with Crippen LogP contribution in [0.25, 0.3) is 0 Å². The van der Waals surface area contributed by atoms with E-state index in [2.05, 4.69) is 20.8 Å². The fourth-order valence-electron chi connectivity index (χ4n) is 4.58. The molecular formula is C26H47ClN2O4Sn. The molecule has 0 fully saturated rings. The third kappa shape index (κ3) is 9.36. The Morgan fingerprint density at radius 1 is 0.824 bits per heavy atom. The van der Waals surface area contributed by atoms with Crippen LogP contribution >= 0.6 is 11.6 Å². The molecule has 34 heavy (non-hydrogen) atoms. The van der Waals surface area contributed by atoms with Gasteiger partial charge in [-0.1, -0.05) is 0 Å². The number of unbranched alkanes of at least 4 members (excludes halogenated alkanes) is 5. The van der Waals surface area contributed by atoms with Gasteiger partial charge in [-0.2, -0.15) is 0 Å². The molecule has 8 heteroatoms. The first-order chi connectivity index (χ1) is 16.3. The van der Waals surface area contributed by atoms with Gasteiger partial charge in [0.2, 0.25) is 0 Å². The van der Waals surface area contributed by atoms with Crippen LogP contribution in [-0.2, 0) is 17.5 Å². The van der Waals surface area contributed by atoms with Crippen molar-refractivity contribution in [1.29, 1.82) is 0 Å². The average Bonchev–Trinajstić information content (AvgIpc) is 3.04. The van der Waals surface area contributed by atoms with E-state index >= 15 is 0 Å². The molecule has 196 valence electrons. The fourth-order valence-corrected chi connectivity index (χ4v) is 18.1. The van der Waals surface area contributed by atoms with Crippen molar-refractivity contribution in [2.45, 2.75) is 112 Å². The molecule has 0 radical (unpaired) electrons. The van der Waals surface area contributed by atoms with Gasteiger partial charge in [0.25, 0.3) is 0 Å². The van der Waals surface area contributed by atoms with E-state index in [1.165, 1.54) is 24.2 Å². The summed E-state index contributed by atoms with van der Waals surface area (Å²) in [6.07, 6.45) is 9.53. The Bertz CT molecular complexity index is 673. The molecule has 0 unspecified atom stereocenters. The number of likely N-dealkylation sites (N-methyl/N-ethyl adjacent to an activating group) is 1. The summed E-state index contributed by atoms with van der Waals surface area (Å²) in [7, 11) is 0. The van der Waals surface area contributed by atoms with E-state index < -0.39 is 24.7 Å². The average molecular weight is 606 g/mol. The minimum absolute atomic E-state index is 0.0207. The van der Waals surface area contributed by atoms with Gasteiger partial charge in [-0.25, -0.2) is 0 Å². The Balaban J connectivity index is 2.55. The number of rotatable bonds is 19. The topological polar surface area (TPSA) is 66.9 Å². The van der Waals surface area contributed by atoms with Gasteiger partial charge in [0.05, 0.1) is 0 Å². The van der Waals surface area contributed by atoms with E-state index in [-0.39, 0.29) is 16.9 Å². The van der Waals surface area contributed by atoms with Crippen LogP contribution in [0, 0.1) is 0 Å². The first-order valence-electron chi connectivity index (χ1n) is 13.5. The summed E-state index contributed by atoms with van der Waals surface area (Å²) in [4.78, 5) is 41.1. The molecule has 0 aromatic rings. The molecule has 1 aliphatic rings. The van der Waals surface area contributed by atoms with E-state index in [4.69, 9.17) is 14.7 Å². The first-order valence-corrected chi connectivity index (χ1v) is 21.1. The molecule has 0 aromatic heterocycles. The Kier molecular flexibility index (Phi) is 15.5. The zero-order valence-corrected chi connectivity index (χ0v) is 25.8. The Hall–Kier alpha value is -0.761. The second-order valence-corrected chi connectivity index (χ2v) is 21.4. The zero-order chi connectivity index (χ0) is 25.6. The van der Waals surface area contributed by atoms with Crippen LogP contribution < -0.4 is 0 Å². The summed E-state index contributed by atoms with van der Waals surface area (Å²) >= 11 is 3.28. The van der Waals surface area contributed by atoms with Crippen molar-refractivity contribution in [2.75, 3.05) is 19.6 Å². The normalized spacial score (nSPS) is 14.4. The van der Waals surface area contributed by atoms with Crippen molar-refractivity contribution in [3.8, 4) is 0 Å². The van der Waals surface area contributed by atoms with Crippen LogP contribution in [0.5, 0.6) is 0 Å². The van der Waals surface area contributed by atoms with Gasteiger partial charge < -0.3 is 0 Å². The second kappa shape index (κ2) is 16.8. The molecule has 1 heterocycles. The molecule has 0 saturated carbocycles. The van der Waals surface area contributed by atoms with Crippen molar-refractivity contribution in [2.24, 2.45) is 0 Å². The minimum atomic E-state index is -2.91. The fraction of sp³-hybridized carbons (Fsp3) is 0.808. The van der Waals surface area contributed by atoms with Crippen LogP contribution in [0.2, 0.25) is 13.3 Å². The second-order valence-electron chi connectivity index (χ2n) is 9.38. The van der Waals surface area contributed by atoms with Crippen LogP contribution in [0.4, 0.5) is 0 Å². The van der Waals surface area contributed by atoms with Crippen LogP contribution in [0.1, 0.15) is 98.8 Å². The zero-order valence-electron chi connectivity index (χ0n) is 22.2. The van der Waals surface area contributed by atoms with Crippen molar-refractivity contribution in [3.05, 3.63) is 10.7 Å². The van der Waals surface area contributed by atoms with Gasteiger partial charge in [-0.15, -0.1) is 0 Å². The van der Waals surface area contributed by atoms with E-state index in [9.17, 15) is 14.4 Å². The summed E-state index contributed by atoms with van der Waals surface area (Å²) in [5, 5.41) is 0.0207. The summed E-state index contributed by atoms with van der Waals surface area (Å²) in [5.41, 5.74) is 0.315. The monoisotopic (exact) mass is 606 g/mol. The Labute approximate surface area is 217 Å². The van der Waals surface area contributed by atoms with Crippen molar-refractivity contribution in [1.82, 2.24) is 9.80 Å². The molecule has 0 spiro atoms. The van der Waals surface area contributed by atoms with Gasteiger partial charge in [-0.05, 0) is 13.8 Å². The van der Waals surface area contributed by atoms with Crippen LogP contribution in [-0.4, -0.2) is 66.0 Å². The molecule has 0 N–H and O–H groups in total. The molecule has 0 aromatic carbocycles. The van der Waals surface area contributed by atoms with Crippen molar-refractivity contribution < 1.29 is 17.5 Å². The summed E-state index contributed by atoms with van der Waals surface area (Å²) in [5.74, 6) is -0.740. The van der Waals surface area contributed by atoms with Gasteiger partial charge >= 0.3 is 204 Å².